The molecule has 0 saturated carbocycles. The van der Waals surface area contributed by atoms with Gasteiger partial charge < -0.3 is 5.32 Å². The number of nitrogens with one attached hydrogen (secondary N) is 2. The van der Waals surface area contributed by atoms with Crippen molar-refractivity contribution in [1.82, 2.24) is 10.3 Å². The van der Waals surface area contributed by atoms with Gasteiger partial charge in [0.15, 0.2) is 5.13 Å². The maximum atomic E-state index is 11.7. The summed E-state index contributed by atoms with van der Waals surface area (Å²) in [6, 6.07) is 7.58. The number of urea groups is 1. The molecule has 4 nitrogen and oxygen atoms in total. The van der Waals surface area contributed by atoms with Gasteiger partial charge in [0.05, 0.1) is 5.69 Å². The van der Waals surface area contributed by atoms with Crippen LogP contribution < -0.4 is 10.6 Å². The molecule has 100 valence electrons. The van der Waals surface area contributed by atoms with Crippen LogP contribution in [0.25, 0.3) is 0 Å². The van der Waals surface area contributed by atoms with Crippen molar-refractivity contribution in [3.8, 4) is 0 Å². The van der Waals surface area contributed by atoms with Crippen molar-refractivity contribution in [2.45, 2.75) is 20.4 Å². The summed E-state index contributed by atoms with van der Waals surface area (Å²) in [7, 11) is 0. The molecule has 0 unspecified atom stereocenters. The van der Waals surface area contributed by atoms with Crippen molar-refractivity contribution in [2.75, 3.05) is 5.32 Å². The van der Waals surface area contributed by atoms with Crippen LogP contribution in [0.1, 0.15) is 16.1 Å². The zero-order chi connectivity index (χ0) is 13.8. The summed E-state index contributed by atoms with van der Waals surface area (Å²) >= 11 is 4.87. The molecule has 2 N–H and O–H groups in total. The maximum Gasteiger partial charge on any atom is 0.321 e. The van der Waals surface area contributed by atoms with Crippen LogP contribution >= 0.6 is 27.3 Å². The van der Waals surface area contributed by atoms with Crippen molar-refractivity contribution in [3.63, 3.8) is 0 Å². The molecule has 6 heteroatoms. The number of aromatic nitrogens is 1. The van der Waals surface area contributed by atoms with Crippen molar-refractivity contribution in [2.24, 2.45) is 0 Å². The largest absolute Gasteiger partial charge is 0.334 e. The Labute approximate surface area is 124 Å². The number of carbonyl (C=O) groups excluding carboxylic acids is 1. The van der Waals surface area contributed by atoms with Crippen LogP contribution in [-0.2, 0) is 6.54 Å². The molecule has 1 aromatic carbocycles. The molecule has 0 aliphatic rings. The molecule has 2 rings (SSSR count). The summed E-state index contributed by atoms with van der Waals surface area (Å²) in [5.74, 6) is 0. The van der Waals surface area contributed by atoms with Crippen molar-refractivity contribution < 1.29 is 4.79 Å². The average Bonchev–Trinajstić information content (AvgIpc) is 2.66. The Morgan fingerprint density at radius 2 is 2.21 bits per heavy atom. The number of anilines is 1. The average molecular weight is 340 g/mol. The smallest absolute Gasteiger partial charge is 0.321 e. The predicted molar refractivity (Wildman–Crippen MR) is 81.6 cm³/mol. The molecule has 0 bridgehead atoms. The number of aryl methyl sites for hydroxylation is 2. The van der Waals surface area contributed by atoms with Crippen LogP contribution in [0.4, 0.5) is 9.93 Å². The second-order valence-corrected chi connectivity index (χ2v) is 6.22. The van der Waals surface area contributed by atoms with Gasteiger partial charge in [-0.3, -0.25) is 5.32 Å². The summed E-state index contributed by atoms with van der Waals surface area (Å²) in [5, 5.41) is 6.16. The highest BCUT2D eigenvalue weighted by atomic mass is 79.9. The highest BCUT2D eigenvalue weighted by Gasteiger charge is 2.07. The van der Waals surface area contributed by atoms with Crippen molar-refractivity contribution in [1.29, 1.82) is 0 Å². The van der Waals surface area contributed by atoms with Crippen LogP contribution in [0.5, 0.6) is 0 Å². The number of hydrogen-bond acceptors (Lipinski definition) is 3. The van der Waals surface area contributed by atoms with Crippen molar-refractivity contribution in [3.05, 3.63) is 44.9 Å². The SMILES string of the molecule is Cc1nc(NC(=O)NCc2cccc(Br)c2)sc1C. The number of rotatable bonds is 3. The fourth-order valence-electron chi connectivity index (χ4n) is 1.50. The summed E-state index contributed by atoms with van der Waals surface area (Å²) in [4.78, 5) is 17.1. The molecule has 2 aromatic rings. The number of thiazole rings is 1. The lowest BCUT2D eigenvalue weighted by atomic mass is 10.2. The topological polar surface area (TPSA) is 54.0 Å². The summed E-state index contributed by atoms with van der Waals surface area (Å²) in [6.45, 7) is 4.39. The monoisotopic (exact) mass is 339 g/mol. The Hall–Kier alpha value is -1.40. The molecule has 0 radical (unpaired) electrons. The van der Waals surface area contributed by atoms with Gasteiger partial charge in [0.25, 0.3) is 0 Å². The number of hydrogen-bond donors (Lipinski definition) is 2. The van der Waals surface area contributed by atoms with Gasteiger partial charge in [-0.05, 0) is 31.5 Å². The second-order valence-electron chi connectivity index (χ2n) is 4.10. The fraction of sp³-hybridized carbons (Fsp3) is 0.231. The van der Waals surface area contributed by atoms with Gasteiger partial charge in [-0.2, -0.15) is 0 Å². The molecule has 0 aliphatic carbocycles. The zero-order valence-corrected chi connectivity index (χ0v) is 13.1. The first-order valence-electron chi connectivity index (χ1n) is 5.78. The van der Waals surface area contributed by atoms with E-state index in [-0.39, 0.29) is 6.03 Å². The van der Waals surface area contributed by atoms with Crippen LogP contribution in [-0.4, -0.2) is 11.0 Å². The summed E-state index contributed by atoms with van der Waals surface area (Å²) in [5.41, 5.74) is 1.99. The Bertz CT molecular complexity index is 578. The zero-order valence-electron chi connectivity index (χ0n) is 10.7. The number of benzene rings is 1. The maximum absolute atomic E-state index is 11.7. The minimum Gasteiger partial charge on any atom is -0.334 e. The third-order valence-electron chi connectivity index (χ3n) is 2.59. The van der Waals surface area contributed by atoms with Gasteiger partial charge in [0.1, 0.15) is 0 Å². The molecule has 0 atom stereocenters. The first-order chi connectivity index (χ1) is 9.04. The minimum absolute atomic E-state index is 0.242. The number of amides is 2. The van der Waals surface area contributed by atoms with Gasteiger partial charge in [0.2, 0.25) is 0 Å². The van der Waals surface area contributed by atoms with Crippen LogP contribution in [0, 0.1) is 13.8 Å². The van der Waals surface area contributed by atoms with E-state index in [1.165, 1.54) is 11.3 Å². The minimum atomic E-state index is -0.242. The normalized spacial score (nSPS) is 10.3. The first-order valence-corrected chi connectivity index (χ1v) is 7.39. The van der Waals surface area contributed by atoms with Gasteiger partial charge in [-0.1, -0.05) is 28.1 Å². The third kappa shape index (κ3) is 4.04. The van der Waals surface area contributed by atoms with E-state index < -0.39 is 0 Å². The Balaban J connectivity index is 1.88. The van der Waals surface area contributed by atoms with Crippen LogP contribution in [0.2, 0.25) is 0 Å². The van der Waals surface area contributed by atoms with E-state index in [2.05, 4.69) is 31.5 Å². The summed E-state index contributed by atoms with van der Waals surface area (Å²) < 4.78 is 0.999. The highest BCUT2D eigenvalue weighted by Crippen LogP contribution is 2.20. The molecule has 0 fully saturated rings. The number of carbonyl (C=O) groups is 1. The molecule has 0 aliphatic heterocycles. The first kappa shape index (κ1) is 14.0. The Kier molecular flexibility index (Phi) is 4.55. The second kappa shape index (κ2) is 6.16. The van der Waals surface area contributed by atoms with Crippen LogP contribution in [0.15, 0.2) is 28.7 Å². The Morgan fingerprint density at radius 3 is 2.84 bits per heavy atom. The molecule has 1 aromatic heterocycles. The molecular formula is C13H14BrN3OS. The van der Waals surface area contributed by atoms with Crippen LogP contribution in [0.3, 0.4) is 0 Å². The van der Waals surface area contributed by atoms with E-state index in [9.17, 15) is 4.79 Å². The van der Waals surface area contributed by atoms with E-state index in [0.717, 1.165) is 20.6 Å². The van der Waals surface area contributed by atoms with E-state index in [0.29, 0.717) is 11.7 Å². The van der Waals surface area contributed by atoms with Gasteiger partial charge in [-0.15, -0.1) is 11.3 Å². The van der Waals surface area contributed by atoms with Gasteiger partial charge in [0, 0.05) is 15.9 Å². The molecular weight excluding hydrogens is 326 g/mol. The number of halogens is 1. The molecule has 0 spiro atoms. The van der Waals surface area contributed by atoms with Gasteiger partial charge >= 0.3 is 6.03 Å². The van der Waals surface area contributed by atoms with Gasteiger partial charge in [-0.25, -0.2) is 9.78 Å². The van der Waals surface area contributed by atoms with E-state index >= 15 is 0 Å². The third-order valence-corrected chi connectivity index (χ3v) is 4.07. The van der Waals surface area contributed by atoms with E-state index in [1.54, 1.807) is 0 Å². The number of nitrogens with zero attached hydrogens (tertiary/aromatic N) is 1. The summed E-state index contributed by atoms with van der Waals surface area (Å²) in [6.07, 6.45) is 0. The molecule has 2 amide bonds. The molecule has 19 heavy (non-hydrogen) atoms. The highest BCUT2D eigenvalue weighted by molar-refractivity contribution is 9.10. The molecule has 1 heterocycles. The lowest BCUT2D eigenvalue weighted by molar-refractivity contribution is 0.251. The lowest BCUT2D eigenvalue weighted by Crippen LogP contribution is -2.28. The quantitative estimate of drug-likeness (QED) is 0.892. The standard InChI is InChI=1S/C13H14BrN3OS/c1-8-9(2)19-13(16-8)17-12(18)15-7-10-4-3-5-11(14)6-10/h3-6H,7H2,1-2H3,(H2,15,16,17,18). The predicted octanol–water partition coefficient (Wildman–Crippen LogP) is 3.84. The van der Waals surface area contributed by atoms with E-state index in [1.807, 2.05) is 38.1 Å². The fourth-order valence-corrected chi connectivity index (χ4v) is 2.75. The Morgan fingerprint density at radius 1 is 1.42 bits per heavy atom. The molecule has 0 saturated heterocycles. The van der Waals surface area contributed by atoms with Crippen molar-refractivity contribution >= 4 is 38.4 Å². The lowest BCUT2D eigenvalue weighted by Gasteiger charge is -2.05. The van der Waals surface area contributed by atoms with E-state index in [4.69, 9.17) is 0 Å².